The first kappa shape index (κ1) is 19.1. The van der Waals surface area contributed by atoms with Crippen LogP contribution in [0, 0.1) is 0 Å². The summed E-state index contributed by atoms with van der Waals surface area (Å²) in [4.78, 5) is 11.3. The van der Waals surface area contributed by atoms with Gasteiger partial charge in [-0.25, -0.2) is 4.79 Å². The Balaban J connectivity index is 0.00000361. The molecule has 1 rings (SSSR count). The van der Waals surface area contributed by atoms with Crippen LogP contribution in [0.4, 0.5) is 8.78 Å². The van der Waals surface area contributed by atoms with Crippen molar-refractivity contribution < 1.29 is 23.0 Å². The van der Waals surface area contributed by atoms with Crippen LogP contribution in [0.3, 0.4) is 0 Å². The van der Waals surface area contributed by atoms with Crippen molar-refractivity contribution >= 4 is 34.3 Å². The summed E-state index contributed by atoms with van der Waals surface area (Å²) in [5.74, 6) is -5.30. The number of carbonyl (C=O) groups is 1. The van der Waals surface area contributed by atoms with Gasteiger partial charge in [0.25, 0.3) is 0 Å². The molecule has 0 amide bonds. The highest BCUT2D eigenvalue weighted by Crippen LogP contribution is 2.36. The van der Waals surface area contributed by atoms with Gasteiger partial charge < -0.3 is 15.2 Å². The average molecular weight is 375 g/mol. The van der Waals surface area contributed by atoms with E-state index >= 15 is 0 Å². The molecule has 0 fully saturated rings. The first-order valence-corrected chi connectivity index (χ1v) is 6.28. The van der Waals surface area contributed by atoms with Crippen LogP contribution >= 0.6 is 28.3 Å². The summed E-state index contributed by atoms with van der Waals surface area (Å²) >= 11 is 3.16. The molecule has 0 aliphatic heterocycles. The second-order valence-electron chi connectivity index (χ2n) is 3.71. The van der Waals surface area contributed by atoms with Crippen molar-refractivity contribution in [3.63, 3.8) is 0 Å². The van der Waals surface area contributed by atoms with E-state index in [-0.39, 0.29) is 30.3 Å². The third-order valence-corrected chi connectivity index (χ3v) is 2.96. The van der Waals surface area contributed by atoms with Crippen molar-refractivity contribution in [2.45, 2.75) is 18.9 Å². The maximum Gasteiger partial charge on any atom is 0.379 e. The molecule has 0 unspecified atom stereocenters. The third-order valence-electron chi connectivity index (χ3n) is 2.46. The molecule has 0 spiro atoms. The second-order valence-corrected chi connectivity index (χ2v) is 4.62. The van der Waals surface area contributed by atoms with Gasteiger partial charge in [0.05, 0.1) is 13.7 Å². The van der Waals surface area contributed by atoms with E-state index in [2.05, 4.69) is 20.7 Å². The van der Waals surface area contributed by atoms with Crippen molar-refractivity contribution in [1.82, 2.24) is 0 Å². The van der Waals surface area contributed by atoms with Crippen LogP contribution in [0.15, 0.2) is 22.7 Å². The molecular weight excluding hydrogens is 359 g/mol. The number of alkyl halides is 2. The van der Waals surface area contributed by atoms with Gasteiger partial charge in [-0.05, 0) is 25.1 Å². The Morgan fingerprint density at radius 1 is 1.50 bits per heavy atom. The predicted octanol–water partition coefficient (Wildman–Crippen LogP) is 3.08. The molecule has 8 heteroatoms. The Labute approximate surface area is 130 Å². The molecule has 0 heterocycles. The summed E-state index contributed by atoms with van der Waals surface area (Å²) in [5.41, 5.74) is 5.52. The van der Waals surface area contributed by atoms with Gasteiger partial charge in [0.2, 0.25) is 0 Å². The number of halogens is 4. The lowest BCUT2D eigenvalue weighted by Crippen LogP contribution is -2.41. The minimum absolute atomic E-state index is 0. The summed E-state index contributed by atoms with van der Waals surface area (Å²) in [6, 6.07) is 2.65. The summed E-state index contributed by atoms with van der Waals surface area (Å²) in [7, 11) is 1.34. The fourth-order valence-corrected chi connectivity index (χ4v) is 1.88. The molecule has 0 radical (unpaired) electrons. The van der Waals surface area contributed by atoms with Gasteiger partial charge in [-0.15, -0.1) is 12.4 Å². The lowest BCUT2D eigenvalue weighted by Gasteiger charge is -2.23. The maximum atomic E-state index is 13.9. The highest BCUT2D eigenvalue weighted by atomic mass is 79.9. The maximum absolute atomic E-state index is 13.9. The number of rotatable bonds is 5. The molecule has 1 aromatic rings. The van der Waals surface area contributed by atoms with E-state index in [1.165, 1.54) is 26.2 Å². The number of nitrogens with two attached hydrogens (primary N) is 1. The smallest absolute Gasteiger partial charge is 0.379 e. The number of ether oxygens (including phenoxy) is 2. The molecule has 0 aliphatic rings. The van der Waals surface area contributed by atoms with Gasteiger partial charge in [-0.2, -0.15) is 8.78 Å². The van der Waals surface area contributed by atoms with Crippen molar-refractivity contribution in [2.75, 3.05) is 13.7 Å². The van der Waals surface area contributed by atoms with Gasteiger partial charge >= 0.3 is 11.9 Å². The first-order chi connectivity index (χ1) is 8.84. The number of hydrogen-bond acceptors (Lipinski definition) is 4. The Hall–Kier alpha value is -0.920. The average Bonchev–Trinajstić information content (AvgIpc) is 2.38. The fraction of sp³-hybridized carbons (Fsp3) is 0.417. The second kappa shape index (κ2) is 7.75. The Morgan fingerprint density at radius 2 is 2.10 bits per heavy atom. The molecule has 4 nitrogen and oxygen atoms in total. The van der Waals surface area contributed by atoms with E-state index in [0.29, 0.717) is 4.47 Å². The predicted molar refractivity (Wildman–Crippen MR) is 76.5 cm³/mol. The van der Waals surface area contributed by atoms with E-state index in [4.69, 9.17) is 10.5 Å². The zero-order chi connectivity index (χ0) is 14.6. The van der Waals surface area contributed by atoms with Crippen LogP contribution in [0.1, 0.15) is 18.5 Å². The molecule has 0 saturated heterocycles. The van der Waals surface area contributed by atoms with Crippen LogP contribution in [0.2, 0.25) is 0 Å². The van der Waals surface area contributed by atoms with Gasteiger partial charge in [0.15, 0.2) is 0 Å². The minimum atomic E-state index is -3.83. The molecule has 114 valence electrons. The Kier molecular flexibility index (Phi) is 7.40. The molecule has 0 bridgehead atoms. The van der Waals surface area contributed by atoms with Crippen LogP contribution in [-0.2, 0) is 9.53 Å². The molecule has 0 aromatic heterocycles. The van der Waals surface area contributed by atoms with Crippen molar-refractivity contribution in [3.8, 4) is 5.75 Å². The lowest BCUT2D eigenvalue weighted by atomic mass is 10.0. The molecular formula is C12H15BrClF2NO3. The minimum Gasteiger partial charge on any atom is -0.496 e. The van der Waals surface area contributed by atoms with Gasteiger partial charge in [-0.1, -0.05) is 15.9 Å². The van der Waals surface area contributed by atoms with Crippen molar-refractivity contribution in [2.24, 2.45) is 5.73 Å². The number of hydrogen-bond donors (Lipinski definition) is 1. The molecule has 20 heavy (non-hydrogen) atoms. The highest BCUT2D eigenvalue weighted by molar-refractivity contribution is 9.10. The monoisotopic (exact) mass is 373 g/mol. The zero-order valence-corrected chi connectivity index (χ0v) is 13.3. The van der Waals surface area contributed by atoms with E-state index in [1.54, 1.807) is 6.07 Å². The van der Waals surface area contributed by atoms with Gasteiger partial charge in [0, 0.05) is 10.0 Å². The zero-order valence-electron chi connectivity index (χ0n) is 10.9. The Bertz CT molecular complexity index is 474. The van der Waals surface area contributed by atoms with Gasteiger partial charge in [-0.3, -0.25) is 0 Å². The topological polar surface area (TPSA) is 61.5 Å². The number of benzene rings is 1. The van der Waals surface area contributed by atoms with Gasteiger partial charge in [0.1, 0.15) is 11.8 Å². The number of methoxy groups -OCH3 is 1. The van der Waals surface area contributed by atoms with Crippen LogP contribution in [-0.4, -0.2) is 25.6 Å². The molecule has 0 aliphatic carbocycles. The third kappa shape index (κ3) is 4.04. The summed E-state index contributed by atoms with van der Waals surface area (Å²) in [6.07, 6.45) is 0. The number of esters is 1. The van der Waals surface area contributed by atoms with Crippen LogP contribution in [0.5, 0.6) is 5.75 Å². The number of carbonyl (C=O) groups excluding carboxylic acids is 1. The lowest BCUT2D eigenvalue weighted by molar-refractivity contribution is -0.174. The van der Waals surface area contributed by atoms with E-state index in [1.807, 2.05) is 0 Å². The molecule has 1 atom stereocenters. The SMILES string of the molecule is CCOC(=O)C(F)(F)[C@H](N)c1cc(Br)ccc1OC.Cl. The van der Waals surface area contributed by atoms with E-state index < -0.39 is 17.9 Å². The molecule has 1 aromatic carbocycles. The molecule has 0 saturated carbocycles. The van der Waals surface area contributed by atoms with Crippen molar-refractivity contribution in [3.05, 3.63) is 28.2 Å². The Morgan fingerprint density at radius 3 is 2.60 bits per heavy atom. The fourth-order valence-electron chi connectivity index (χ4n) is 1.50. The molecule has 2 N–H and O–H groups in total. The van der Waals surface area contributed by atoms with Crippen LogP contribution in [0.25, 0.3) is 0 Å². The highest BCUT2D eigenvalue weighted by Gasteiger charge is 2.48. The van der Waals surface area contributed by atoms with E-state index in [9.17, 15) is 13.6 Å². The standard InChI is InChI=1S/C12H14BrF2NO3.ClH/c1-3-19-11(17)12(14,15)10(16)8-6-7(13)4-5-9(8)18-2;/h4-6,10H,3,16H2,1-2H3;1H/t10-;/m1./s1. The normalized spacial score (nSPS) is 12.3. The van der Waals surface area contributed by atoms with Crippen LogP contribution < -0.4 is 10.5 Å². The summed E-state index contributed by atoms with van der Waals surface area (Å²) < 4.78 is 37.6. The first-order valence-electron chi connectivity index (χ1n) is 5.48. The van der Waals surface area contributed by atoms with E-state index in [0.717, 1.165) is 0 Å². The quantitative estimate of drug-likeness (QED) is 0.805. The summed E-state index contributed by atoms with van der Waals surface area (Å²) in [5, 5.41) is 0. The largest absolute Gasteiger partial charge is 0.496 e. The summed E-state index contributed by atoms with van der Waals surface area (Å²) in [6.45, 7) is 1.30. The van der Waals surface area contributed by atoms with Crippen molar-refractivity contribution in [1.29, 1.82) is 0 Å².